The van der Waals surface area contributed by atoms with Crippen molar-refractivity contribution < 1.29 is 14.6 Å². The Morgan fingerprint density at radius 1 is 1.42 bits per heavy atom. The largest absolute Gasteiger partial charge is 0.484 e. The second-order valence-corrected chi connectivity index (χ2v) is 4.99. The number of para-hydroxylation sites is 1. The third kappa shape index (κ3) is 4.91. The first kappa shape index (κ1) is 15.5. The maximum absolute atomic E-state index is 11.9. The van der Waals surface area contributed by atoms with Gasteiger partial charge in [-0.05, 0) is 38.3 Å². The number of nitrogens with one attached hydrogen (secondary N) is 1. The number of hydrogen-bond acceptors (Lipinski definition) is 3. The van der Waals surface area contributed by atoms with Crippen LogP contribution in [0.2, 0.25) is 0 Å². The number of benzene rings is 1. The van der Waals surface area contributed by atoms with Gasteiger partial charge in [0.1, 0.15) is 5.75 Å². The van der Waals surface area contributed by atoms with Crippen molar-refractivity contribution in [2.75, 3.05) is 13.2 Å². The fraction of sp³-hybridized carbons (Fsp3) is 0.533. The number of hydrogen-bond donors (Lipinski definition) is 2. The van der Waals surface area contributed by atoms with Crippen LogP contribution in [0.15, 0.2) is 24.3 Å². The van der Waals surface area contributed by atoms with Crippen molar-refractivity contribution in [2.45, 2.75) is 39.2 Å². The molecule has 0 radical (unpaired) electrons. The van der Waals surface area contributed by atoms with Crippen LogP contribution in [0.5, 0.6) is 5.75 Å². The highest BCUT2D eigenvalue weighted by Gasteiger charge is 2.23. The average Bonchev–Trinajstić information content (AvgIpc) is 2.38. The van der Waals surface area contributed by atoms with E-state index in [4.69, 9.17) is 9.84 Å². The Labute approximate surface area is 114 Å². The van der Waals surface area contributed by atoms with E-state index in [1.807, 2.05) is 45.0 Å². The summed E-state index contributed by atoms with van der Waals surface area (Å²) >= 11 is 0. The second kappa shape index (κ2) is 7.14. The van der Waals surface area contributed by atoms with E-state index in [-0.39, 0.29) is 24.7 Å². The maximum Gasteiger partial charge on any atom is 0.258 e. The molecule has 1 unspecified atom stereocenters. The van der Waals surface area contributed by atoms with E-state index in [0.717, 1.165) is 17.7 Å². The van der Waals surface area contributed by atoms with Gasteiger partial charge in [-0.2, -0.15) is 0 Å². The summed E-state index contributed by atoms with van der Waals surface area (Å²) in [5, 5.41) is 11.9. The summed E-state index contributed by atoms with van der Waals surface area (Å²) < 4.78 is 5.49. The summed E-state index contributed by atoms with van der Waals surface area (Å²) in [6.07, 6.45) is 1.31. The number of rotatable bonds is 7. The number of ether oxygens (including phenoxy) is 1. The number of aliphatic hydroxyl groups excluding tert-OH is 1. The van der Waals surface area contributed by atoms with Gasteiger partial charge in [0.2, 0.25) is 0 Å². The number of carbonyl (C=O) groups excluding carboxylic acids is 1. The lowest BCUT2D eigenvalue weighted by molar-refractivity contribution is -0.125. The molecule has 0 bridgehead atoms. The van der Waals surface area contributed by atoms with Crippen LogP contribution in [0, 0.1) is 6.92 Å². The van der Waals surface area contributed by atoms with E-state index in [0.29, 0.717) is 6.42 Å². The molecule has 0 aromatic heterocycles. The molecule has 0 fully saturated rings. The van der Waals surface area contributed by atoms with E-state index in [1.54, 1.807) is 0 Å². The van der Waals surface area contributed by atoms with Crippen molar-refractivity contribution in [1.82, 2.24) is 5.32 Å². The van der Waals surface area contributed by atoms with Crippen LogP contribution in [-0.2, 0) is 4.79 Å². The number of amides is 1. The Morgan fingerprint density at radius 2 is 2.11 bits per heavy atom. The average molecular weight is 265 g/mol. The summed E-state index contributed by atoms with van der Waals surface area (Å²) in [5.74, 6) is 0.555. The predicted octanol–water partition coefficient (Wildman–Crippen LogP) is 2.04. The van der Waals surface area contributed by atoms with E-state index in [2.05, 4.69) is 5.32 Å². The summed E-state index contributed by atoms with van der Waals surface area (Å²) in [6.45, 7) is 5.90. The molecule has 0 saturated carbocycles. The third-order valence-corrected chi connectivity index (χ3v) is 3.34. The van der Waals surface area contributed by atoms with Gasteiger partial charge in [0.05, 0.1) is 0 Å². The molecule has 1 atom stereocenters. The standard InChI is InChI=1S/C15H23NO3/c1-4-15(3,9-10-17)16-14(18)11-19-13-8-6-5-7-12(13)2/h5-8,17H,4,9-11H2,1-3H3,(H,16,18). The molecule has 4 heteroatoms. The van der Waals surface area contributed by atoms with Gasteiger partial charge < -0.3 is 15.2 Å². The monoisotopic (exact) mass is 265 g/mol. The first-order chi connectivity index (χ1) is 9.00. The molecule has 1 aromatic carbocycles. The van der Waals surface area contributed by atoms with Crippen LogP contribution in [0.3, 0.4) is 0 Å². The minimum absolute atomic E-state index is 0.00806. The van der Waals surface area contributed by atoms with E-state index < -0.39 is 0 Å². The SMILES string of the molecule is CCC(C)(CCO)NC(=O)COc1ccccc1C. The first-order valence-electron chi connectivity index (χ1n) is 6.61. The van der Waals surface area contributed by atoms with Crippen LogP contribution in [0.25, 0.3) is 0 Å². The van der Waals surface area contributed by atoms with Crippen LogP contribution >= 0.6 is 0 Å². The van der Waals surface area contributed by atoms with Gasteiger partial charge >= 0.3 is 0 Å². The fourth-order valence-electron chi connectivity index (χ4n) is 1.81. The van der Waals surface area contributed by atoms with Crippen LogP contribution in [0.4, 0.5) is 0 Å². The molecule has 2 N–H and O–H groups in total. The lowest BCUT2D eigenvalue weighted by Gasteiger charge is -2.29. The molecular formula is C15H23NO3. The molecule has 1 amide bonds. The molecule has 106 valence electrons. The summed E-state index contributed by atoms with van der Waals surface area (Å²) in [7, 11) is 0. The fourth-order valence-corrected chi connectivity index (χ4v) is 1.81. The van der Waals surface area contributed by atoms with E-state index in [1.165, 1.54) is 0 Å². The van der Waals surface area contributed by atoms with Crippen molar-refractivity contribution >= 4 is 5.91 Å². The Kier molecular flexibility index (Phi) is 5.83. The van der Waals surface area contributed by atoms with Crippen molar-refractivity contribution in [3.8, 4) is 5.75 Å². The lowest BCUT2D eigenvalue weighted by Crippen LogP contribution is -2.47. The van der Waals surface area contributed by atoms with Crippen molar-refractivity contribution in [3.05, 3.63) is 29.8 Å². The molecule has 1 rings (SSSR count). The van der Waals surface area contributed by atoms with Crippen LogP contribution < -0.4 is 10.1 Å². The minimum Gasteiger partial charge on any atom is -0.484 e. The molecule has 1 aromatic rings. The van der Waals surface area contributed by atoms with E-state index in [9.17, 15) is 4.79 Å². The van der Waals surface area contributed by atoms with Gasteiger partial charge in [0.25, 0.3) is 5.91 Å². The van der Waals surface area contributed by atoms with Gasteiger partial charge in [-0.25, -0.2) is 0 Å². The zero-order valence-electron chi connectivity index (χ0n) is 11.9. The van der Waals surface area contributed by atoms with Crippen molar-refractivity contribution in [1.29, 1.82) is 0 Å². The summed E-state index contributed by atoms with van der Waals surface area (Å²) in [6, 6.07) is 7.59. The molecule has 19 heavy (non-hydrogen) atoms. The number of carbonyl (C=O) groups is 1. The molecule has 0 saturated heterocycles. The Balaban J connectivity index is 2.50. The molecule has 0 heterocycles. The van der Waals surface area contributed by atoms with E-state index >= 15 is 0 Å². The lowest BCUT2D eigenvalue weighted by atomic mass is 9.95. The summed E-state index contributed by atoms with van der Waals surface area (Å²) in [4.78, 5) is 11.9. The van der Waals surface area contributed by atoms with Gasteiger partial charge in [-0.15, -0.1) is 0 Å². The quantitative estimate of drug-likeness (QED) is 0.793. The van der Waals surface area contributed by atoms with Gasteiger partial charge in [0.15, 0.2) is 6.61 Å². The van der Waals surface area contributed by atoms with Gasteiger partial charge in [-0.3, -0.25) is 4.79 Å². The van der Waals surface area contributed by atoms with Gasteiger partial charge in [0, 0.05) is 12.1 Å². The third-order valence-electron chi connectivity index (χ3n) is 3.34. The Hall–Kier alpha value is -1.55. The number of aliphatic hydroxyl groups is 1. The summed E-state index contributed by atoms with van der Waals surface area (Å²) in [5.41, 5.74) is 0.630. The maximum atomic E-state index is 11.9. The molecule has 0 aliphatic heterocycles. The van der Waals surface area contributed by atoms with Crippen molar-refractivity contribution in [3.63, 3.8) is 0 Å². The smallest absolute Gasteiger partial charge is 0.258 e. The van der Waals surface area contributed by atoms with Crippen LogP contribution in [0.1, 0.15) is 32.3 Å². The highest BCUT2D eigenvalue weighted by Crippen LogP contribution is 2.17. The normalized spacial score (nSPS) is 13.7. The second-order valence-electron chi connectivity index (χ2n) is 4.99. The highest BCUT2D eigenvalue weighted by molar-refractivity contribution is 5.78. The van der Waals surface area contributed by atoms with Crippen LogP contribution in [-0.4, -0.2) is 29.8 Å². The topological polar surface area (TPSA) is 58.6 Å². The molecule has 0 aliphatic rings. The molecule has 0 aliphatic carbocycles. The minimum atomic E-state index is -0.374. The molecular weight excluding hydrogens is 242 g/mol. The Morgan fingerprint density at radius 3 is 2.68 bits per heavy atom. The van der Waals surface area contributed by atoms with Gasteiger partial charge in [-0.1, -0.05) is 25.1 Å². The number of aryl methyl sites for hydroxylation is 1. The Bertz CT molecular complexity index is 420. The predicted molar refractivity (Wildman–Crippen MR) is 75.2 cm³/mol. The van der Waals surface area contributed by atoms with Crippen molar-refractivity contribution in [2.24, 2.45) is 0 Å². The molecule has 4 nitrogen and oxygen atoms in total. The highest BCUT2D eigenvalue weighted by atomic mass is 16.5. The zero-order valence-corrected chi connectivity index (χ0v) is 11.9. The molecule has 0 spiro atoms. The first-order valence-corrected chi connectivity index (χ1v) is 6.61. The zero-order chi connectivity index (χ0) is 14.3.